The minimum atomic E-state index is 0.247. The zero-order valence-corrected chi connectivity index (χ0v) is 9.36. The highest BCUT2D eigenvalue weighted by Crippen LogP contribution is 2.11. The summed E-state index contributed by atoms with van der Waals surface area (Å²) in [4.78, 5) is 10.8. The topological polar surface area (TPSA) is 55.1 Å². The Hall–Kier alpha value is -1.16. The van der Waals surface area contributed by atoms with Gasteiger partial charge in [-0.05, 0) is 33.1 Å². The quantitative estimate of drug-likeness (QED) is 0.571. The molecule has 0 atom stereocenters. The lowest BCUT2D eigenvalue weighted by Gasteiger charge is -2.03. The van der Waals surface area contributed by atoms with E-state index >= 15 is 0 Å². The van der Waals surface area contributed by atoms with E-state index in [1.54, 1.807) is 0 Å². The Labute approximate surface area is 89.9 Å². The molecular weight excluding hydrogens is 192 g/mol. The number of aromatic nitrogens is 2. The Bertz CT molecular complexity index is 332. The van der Waals surface area contributed by atoms with E-state index in [1.165, 1.54) is 0 Å². The Kier molecular flexibility index (Phi) is 4.49. The molecule has 1 heterocycles. The van der Waals surface area contributed by atoms with Crippen molar-refractivity contribution >= 4 is 6.29 Å². The number of unbranched alkanes of at least 4 members (excludes halogenated alkanes) is 2. The number of nitrogens with zero attached hydrogens (tertiary/aromatic N) is 2. The van der Waals surface area contributed by atoms with Gasteiger partial charge in [0.05, 0.1) is 11.3 Å². The van der Waals surface area contributed by atoms with E-state index < -0.39 is 0 Å². The summed E-state index contributed by atoms with van der Waals surface area (Å²) in [5.74, 6) is 0. The van der Waals surface area contributed by atoms with Crippen molar-refractivity contribution in [2.75, 3.05) is 6.61 Å². The number of carbonyl (C=O) groups is 1. The summed E-state index contributed by atoms with van der Waals surface area (Å²) < 4.78 is 1.87. The summed E-state index contributed by atoms with van der Waals surface area (Å²) in [6.45, 7) is 4.83. The highest BCUT2D eigenvalue weighted by molar-refractivity contribution is 5.77. The lowest BCUT2D eigenvalue weighted by atomic mass is 10.2. The van der Waals surface area contributed by atoms with Crippen LogP contribution < -0.4 is 0 Å². The number of aliphatic hydroxyl groups excluding tert-OH is 1. The first kappa shape index (κ1) is 11.9. The standard InChI is InChI=1S/C11H18N2O2/c1-9-11(8-15)10(2)13(12-9)6-4-3-5-7-14/h8,14H,3-7H2,1-2H3. The van der Waals surface area contributed by atoms with Gasteiger partial charge in [0.2, 0.25) is 0 Å². The van der Waals surface area contributed by atoms with Crippen LogP contribution >= 0.6 is 0 Å². The van der Waals surface area contributed by atoms with Crippen LogP contribution in [0.3, 0.4) is 0 Å². The van der Waals surface area contributed by atoms with Gasteiger partial charge in [-0.25, -0.2) is 0 Å². The molecule has 84 valence electrons. The minimum Gasteiger partial charge on any atom is -0.396 e. The van der Waals surface area contributed by atoms with Crippen molar-refractivity contribution in [1.29, 1.82) is 0 Å². The second-order valence-corrected chi connectivity index (χ2v) is 3.71. The van der Waals surface area contributed by atoms with Crippen LogP contribution in [0.1, 0.15) is 41.0 Å². The third-order valence-corrected chi connectivity index (χ3v) is 2.58. The van der Waals surface area contributed by atoms with Crippen molar-refractivity contribution in [1.82, 2.24) is 9.78 Å². The lowest BCUT2D eigenvalue weighted by Crippen LogP contribution is -2.03. The van der Waals surface area contributed by atoms with Crippen LogP contribution in [0.2, 0.25) is 0 Å². The summed E-state index contributed by atoms with van der Waals surface area (Å²) in [5, 5.41) is 12.9. The van der Waals surface area contributed by atoms with Gasteiger partial charge in [0.15, 0.2) is 6.29 Å². The fourth-order valence-electron chi connectivity index (χ4n) is 1.65. The normalized spacial score (nSPS) is 10.6. The van der Waals surface area contributed by atoms with Crippen LogP contribution in [0.25, 0.3) is 0 Å². The molecule has 4 nitrogen and oxygen atoms in total. The van der Waals surface area contributed by atoms with Crippen LogP contribution in [0, 0.1) is 13.8 Å². The summed E-state index contributed by atoms with van der Waals surface area (Å²) in [6.07, 6.45) is 3.67. The molecule has 4 heteroatoms. The maximum absolute atomic E-state index is 10.8. The van der Waals surface area contributed by atoms with Crippen LogP contribution in [0.15, 0.2) is 0 Å². The number of hydrogen-bond donors (Lipinski definition) is 1. The number of hydrogen-bond acceptors (Lipinski definition) is 3. The van der Waals surface area contributed by atoms with Crippen LogP contribution in [-0.2, 0) is 6.54 Å². The smallest absolute Gasteiger partial charge is 0.153 e. The molecule has 1 N–H and O–H groups in total. The zero-order valence-electron chi connectivity index (χ0n) is 9.36. The summed E-state index contributed by atoms with van der Waals surface area (Å²) in [7, 11) is 0. The van der Waals surface area contributed by atoms with Crippen molar-refractivity contribution < 1.29 is 9.90 Å². The van der Waals surface area contributed by atoms with E-state index in [0.29, 0.717) is 5.56 Å². The number of aliphatic hydroxyl groups is 1. The van der Waals surface area contributed by atoms with E-state index in [-0.39, 0.29) is 6.61 Å². The van der Waals surface area contributed by atoms with Gasteiger partial charge in [0.1, 0.15) is 0 Å². The van der Waals surface area contributed by atoms with Gasteiger partial charge in [-0.2, -0.15) is 5.10 Å². The number of carbonyl (C=O) groups excluding carboxylic acids is 1. The number of rotatable bonds is 6. The van der Waals surface area contributed by atoms with Gasteiger partial charge < -0.3 is 5.11 Å². The molecule has 0 radical (unpaired) electrons. The summed E-state index contributed by atoms with van der Waals surface area (Å²) in [5.41, 5.74) is 2.44. The highest BCUT2D eigenvalue weighted by Gasteiger charge is 2.09. The van der Waals surface area contributed by atoms with Crippen molar-refractivity contribution in [3.05, 3.63) is 17.0 Å². The third kappa shape index (κ3) is 2.89. The Balaban J connectivity index is 2.58. The average molecular weight is 210 g/mol. The van der Waals surface area contributed by atoms with Crippen LogP contribution in [0.4, 0.5) is 0 Å². The molecule has 0 aliphatic heterocycles. The molecule has 0 fully saturated rings. The van der Waals surface area contributed by atoms with Crippen molar-refractivity contribution in [2.24, 2.45) is 0 Å². The third-order valence-electron chi connectivity index (χ3n) is 2.58. The fourth-order valence-corrected chi connectivity index (χ4v) is 1.65. The van der Waals surface area contributed by atoms with E-state index in [4.69, 9.17) is 5.11 Å². The Morgan fingerprint density at radius 1 is 1.33 bits per heavy atom. The molecule has 0 amide bonds. The van der Waals surface area contributed by atoms with Crippen molar-refractivity contribution in [3.63, 3.8) is 0 Å². The SMILES string of the molecule is Cc1nn(CCCCCO)c(C)c1C=O. The molecule has 0 unspecified atom stereocenters. The van der Waals surface area contributed by atoms with E-state index in [0.717, 1.165) is 43.5 Å². The summed E-state index contributed by atoms with van der Waals surface area (Å²) >= 11 is 0. The van der Waals surface area contributed by atoms with Crippen LogP contribution in [-0.4, -0.2) is 27.8 Å². The Morgan fingerprint density at radius 3 is 2.60 bits per heavy atom. The predicted molar refractivity (Wildman–Crippen MR) is 58.0 cm³/mol. The minimum absolute atomic E-state index is 0.247. The highest BCUT2D eigenvalue weighted by atomic mass is 16.2. The molecule has 0 bridgehead atoms. The van der Waals surface area contributed by atoms with Gasteiger partial charge in [-0.3, -0.25) is 9.48 Å². The number of aldehydes is 1. The largest absolute Gasteiger partial charge is 0.396 e. The van der Waals surface area contributed by atoms with Gasteiger partial charge in [-0.15, -0.1) is 0 Å². The molecule has 0 aromatic carbocycles. The first-order chi connectivity index (χ1) is 7.20. The van der Waals surface area contributed by atoms with Gasteiger partial charge in [0.25, 0.3) is 0 Å². The first-order valence-corrected chi connectivity index (χ1v) is 5.30. The van der Waals surface area contributed by atoms with E-state index in [2.05, 4.69) is 5.10 Å². The molecular formula is C11H18N2O2. The summed E-state index contributed by atoms with van der Waals surface area (Å²) in [6, 6.07) is 0. The van der Waals surface area contributed by atoms with E-state index in [1.807, 2.05) is 18.5 Å². The molecule has 0 saturated carbocycles. The van der Waals surface area contributed by atoms with Gasteiger partial charge in [0, 0.05) is 18.8 Å². The maximum atomic E-state index is 10.8. The van der Waals surface area contributed by atoms with Crippen molar-refractivity contribution in [2.45, 2.75) is 39.7 Å². The maximum Gasteiger partial charge on any atom is 0.153 e. The first-order valence-electron chi connectivity index (χ1n) is 5.30. The molecule has 1 rings (SSSR count). The second-order valence-electron chi connectivity index (χ2n) is 3.71. The van der Waals surface area contributed by atoms with Gasteiger partial charge in [-0.1, -0.05) is 0 Å². The molecule has 0 aliphatic carbocycles. The Morgan fingerprint density at radius 2 is 2.07 bits per heavy atom. The van der Waals surface area contributed by atoms with E-state index in [9.17, 15) is 4.79 Å². The fraction of sp³-hybridized carbons (Fsp3) is 0.636. The molecule has 1 aromatic heterocycles. The molecule has 1 aromatic rings. The van der Waals surface area contributed by atoms with Crippen LogP contribution in [0.5, 0.6) is 0 Å². The predicted octanol–water partition coefficient (Wildman–Crippen LogP) is 1.48. The molecule has 15 heavy (non-hydrogen) atoms. The molecule has 0 aliphatic rings. The van der Waals surface area contributed by atoms with Crippen molar-refractivity contribution in [3.8, 4) is 0 Å². The molecule has 0 saturated heterocycles. The monoisotopic (exact) mass is 210 g/mol. The number of aryl methyl sites for hydroxylation is 2. The lowest BCUT2D eigenvalue weighted by molar-refractivity contribution is 0.112. The zero-order chi connectivity index (χ0) is 11.3. The van der Waals surface area contributed by atoms with Gasteiger partial charge >= 0.3 is 0 Å². The second kappa shape index (κ2) is 5.66. The molecule has 0 spiro atoms. The average Bonchev–Trinajstić information content (AvgIpc) is 2.49.